The molecule has 1 amide bonds. The maximum absolute atomic E-state index is 12.5. The SMILES string of the molecule is CCS(=O)(=O)N1CCN(C(=O)Cc2cc(C)c(C)cc2C)CC1. The Morgan fingerprint density at radius 2 is 1.57 bits per heavy atom. The predicted molar refractivity (Wildman–Crippen MR) is 92.0 cm³/mol. The Balaban J connectivity index is 2.00. The van der Waals surface area contributed by atoms with Gasteiger partial charge >= 0.3 is 0 Å². The number of piperazine rings is 1. The van der Waals surface area contributed by atoms with Crippen LogP contribution in [0.15, 0.2) is 12.1 Å². The van der Waals surface area contributed by atoms with E-state index in [2.05, 4.69) is 26.0 Å². The zero-order valence-corrected chi connectivity index (χ0v) is 15.2. The lowest BCUT2D eigenvalue weighted by atomic mass is 9.98. The number of aryl methyl sites for hydroxylation is 3. The summed E-state index contributed by atoms with van der Waals surface area (Å²) >= 11 is 0. The summed E-state index contributed by atoms with van der Waals surface area (Å²) < 4.78 is 25.2. The van der Waals surface area contributed by atoms with Gasteiger partial charge in [-0.1, -0.05) is 12.1 Å². The van der Waals surface area contributed by atoms with E-state index in [0.29, 0.717) is 32.6 Å². The molecule has 1 aliphatic rings. The molecule has 0 unspecified atom stereocenters. The molecule has 128 valence electrons. The third-order valence-electron chi connectivity index (χ3n) is 4.64. The van der Waals surface area contributed by atoms with Crippen molar-refractivity contribution in [2.24, 2.45) is 0 Å². The van der Waals surface area contributed by atoms with Crippen molar-refractivity contribution in [2.75, 3.05) is 31.9 Å². The lowest BCUT2D eigenvalue weighted by Crippen LogP contribution is -2.51. The molecule has 0 spiro atoms. The van der Waals surface area contributed by atoms with Crippen molar-refractivity contribution >= 4 is 15.9 Å². The highest BCUT2D eigenvalue weighted by Gasteiger charge is 2.27. The minimum atomic E-state index is -3.15. The van der Waals surface area contributed by atoms with Gasteiger partial charge in [0.2, 0.25) is 15.9 Å². The molecular weight excluding hydrogens is 312 g/mol. The first-order valence-corrected chi connectivity index (χ1v) is 9.68. The fourth-order valence-corrected chi connectivity index (χ4v) is 3.97. The Labute approximate surface area is 139 Å². The van der Waals surface area contributed by atoms with Gasteiger partial charge in [-0.25, -0.2) is 8.42 Å². The standard InChI is InChI=1S/C17H26N2O3S/c1-5-23(21,22)19-8-6-18(7-9-19)17(20)12-16-11-14(3)13(2)10-15(16)4/h10-11H,5-9,12H2,1-4H3. The second-order valence-electron chi connectivity index (χ2n) is 6.22. The monoisotopic (exact) mass is 338 g/mol. The van der Waals surface area contributed by atoms with Crippen LogP contribution in [0.4, 0.5) is 0 Å². The summed E-state index contributed by atoms with van der Waals surface area (Å²) in [7, 11) is -3.15. The number of hydrogen-bond donors (Lipinski definition) is 0. The molecule has 1 aliphatic heterocycles. The number of amides is 1. The Kier molecular flexibility index (Phi) is 5.47. The second kappa shape index (κ2) is 7.01. The van der Waals surface area contributed by atoms with Crippen LogP contribution >= 0.6 is 0 Å². The minimum absolute atomic E-state index is 0.0740. The molecule has 1 aromatic rings. The Bertz CT molecular complexity index is 690. The average Bonchev–Trinajstić information content (AvgIpc) is 2.52. The quantitative estimate of drug-likeness (QED) is 0.839. The summed E-state index contributed by atoms with van der Waals surface area (Å²) in [6.07, 6.45) is 0.382. The first-order valence-electron chi connectivity index (χ1n) is 8.07. The second-order valence-corrected chi connectivity index (χ2v) is 8.48. The van der Waals surface area contributed by atoms with Crippen molar-refractivity contribution in [3.63, 3.8) is 0 Å². The van der Waals surface area contributed by atoms with Crippen LogP contribution in [-0.2, 0) is 21.2 Å². The molecule has 0 bridgehead atoms. The van der Waals surface area contributed by atoms with Crippen LogP contribution in [0, 0.1) is 20.8 Å². The van der Waals surface area contributed by atoms with Crippen LogP contribution in [0.1, 0.15) is 29.2 Å². The molecule has 1 saturated heterocycles. The lowest BCUT2D eigenvalue weighted by Gasteiger charge is -2.34. The fraction of sp³-hybridized carbons (Fsp3) is 0.588. The number of hydrogen-bond acceptors (Lipinski definition) is 3. The maximum atomic E-state index is 12.5. The van der Waals surface area contributed by atoms with Crippen LogP contribution in [-0.4, -0.2) is 55.5 Å². The highest BCUT2D eigenvalue weighted by atomic mass is 32.2. The minimum Gasteiger partial charge on any atom is -0.340 e. The molecule has 1 heterocycles. The van der Waals surface area contributed by atoms with E-state index in [4.69, 9.17) is 0 Å². The van der Waals surface area contributed by atoms with Crippen molar-refractivity contribution < 1.29 is 13.2 Å². The molecule has 0 N–H and O–H groups in total. The number of rotatable bonds is 4. The van der Waals surface area contributed by atoms with E-state index in [-0.39, 0.29) is 11.7 Å². The van der Waals surface area contributed by atoms with Gasteiger partial charge in [-0.15, -0.1) is 0 Å². The summed E-state index contributed by atoms with van der Waals surface area (Å²) in [6.45, 7) is 9.54. The topological polar surface area (TPSA) is 57.7 Å². The molecule has 1 aromatic carbocycles. The lowest BCUT2D eigenvalue weighted by molar-refractivity contribution is -0.131. The van der Waals surface area contributed by atoms with Gasteiger partial charge in [-0.05, 0) is 49.9 Å². The summed E-state index contributed by atoms with van der Waals surface area (Å²) in [4.78, 5) is 14.3. The van der Waals surface area contributed by atoms with E-state index in [1.54, 1.807) is 11.8 Å². The number of benzene rings is 1. The summed E-state index contributed by atoms with van der Waals surface area (Å²) in [5.41, 5.74) is 4.62. The van der Waals surface area contributed by atoms with Gasteiger partial charge in [0.1, 0.15) is 0 Å². The number of sulfonamides is 1. The molecule has 0 aliphatic carbocycles. The largest absolute Gasteiger partial charge is 0.340 e. The highest BCUT2D eigenvalue weighted by Crippen LogP contribution is 2.17. The molecule has 6 heteroatoms. The molecule has 1 fully saturated rings. The summed E-state index contributed by atoms with van der Waals surface area (Å²) in [5, 5.41) is 0. The third kappa shape index (κ3) is 4.12. The number of carbonyl (C=O) groups is 1. The zero-order chi connectivity index (χ0) is 17.2. The predicted octanol–water partition coefficient (Wildman–Crippen LogP) is 1.65. The molecule has 0 aromatic heterocycles. The molecule has 0 saturated carbocycles. The van der Waals surface area contributed by atoms with Crippen molar-refractivity contribution in [3.05, 3.63) is 34.4 Å². The van der Waals surface area contributed by atoms with Crippen LogP contribution in [0.2, 0.25) is 0 Å². The maximum Gasteiger partial charge on any atom is 0.227 e. The van der Waals surface area contributed by atoms with Gasteiger partial charge in [0.05, 0.1) is 12.2 Å². The molecule has 23 heavy (non-hydrogen) atoms. The van der Waals surface area contributed by atoms with E-state index in [9.17, 15) is 13.2 Å². The third-order valence-corrected chi connectivity index (χ3v) is 6.53. The Morgan fingerprint density at radius 3 is 2.13 bits per heavy atom. The normalized spacial score (nSPS) is 16.6. The Morgan fingerprint density at radius 1 is 1.00 bits per heavy atom. The van der Waals surface area contributed by atoms with Crippen LogP contribution in [0.25, 0.3) is 0 Å². The molecule has 0 radical (unpaired) electrons. The van der Waals surface area contributed by atoms with Gasteiger partial charge in [0.25, 0.3) is 0 Å². The number of nitrogens with zero attached hydrogens (tertiary/aromatic N) is 2. The van der Waals surface area contributed by atoms with Gasteiger partial charge < -0.3 is 4.90 Å². The van der Waals surface area contributed by atoms with E-state index in [1.165, 1.54) is 15.4 Å². The highest BCUT2D eigenvalue weighted by molar-refractivity contribution is 7.89. The smallest absolute Gasteiger partial charge is 0.227 e. The van der Waals surface area contributed by atoms with Gasteiger partial charge in [0.15, 0.2) is 0 Å². The van der Waals surface area contributed by atoms with Crippen LogP contribution in [0.3, 0.4) is 0 Å². The van der Waals surface area contributed by atoms with Gasteiger partial charge in [-0.3, -0.25) is 4.79 Å². The summed E-state index contributed by atoms with van der Waals surface area (Å²) in [6, 6.07) is 4.20. The van der Waals surface area contributed by atoms with E-state index in [0.717, 1.165) is 11.1 Å². The van der Waals surface area contributed by atoms with Crippen molar-refractivity contribution in [1.29, 1.82) is 0 Å². The van der Waals surface area contributed by atoms with Gasteiger partial charge in [0, 0.05) is 26.2 Å². The Hall–Kier alpha value is -1.40. The molecule has 2 rings (SSSR count). The number of carbonyl (C=O) groups excluding carboxylic acids is 1. The fourth-order valence-electron chi connectivity index (χ4n) is 2.88. The molecular formula is C17H26N2O3S. The molecule has 5 nitrogen and oxygen atoms in total. The molecule has 0 atom stereocenters. The van der Waals surface area contributed by atoms with Crippen molar-refractivity contribution in [2.45, 2.75) is 34.1 Å². The van der Waals surface area contributed by atoms with Crippen LogP contribution < -0.4 is 0 Å². The average molecular weight is 338 g/mol. The zero-order valence-electron chi connectivity index (χ0n) is 14.4. The van der Waals surface area contributed by atoms with Crippen molar-refractivity contribution in [1.82, 2.24) is 9.21 Å². The van der Waals surface area contributed by atoms with E-state index >= 15 is 0 Å². The van der Waals surface area contributed by atoms with E-state index in [1.807, 2.05) is 6.92 Å². The first-order chi connectivity index (χ1) is 10.7. The van der Waals surface area contributed by atoms with E-state index < -0.39 is 10.0 Å². The van der Waals surface area contributed by atoms with Crippen molar-refractivity contribution in [3.8, 4) is 0 Å². The summed E-state index contributed by atoms with van der Waals surface area (Å²) in [5.74, 6) is 0.188. The van der Waals surface area contributed by atoms with Crippen LogP contribution in [0.5, 0.6) is 0 Å². The first kappa shape index (κ1) is 17.9. The van der Waals surface area contributed by atoms with Gasteiger partial charge in [-0.2, -0.15) is 4.31 Å².